The van der Waals surface area contributed by atoms with Gasteiger partial charge in [-0.15, -0.1) is 0 Å². The van der Waals surface area contributed by atoms with Crippen molar-refractivity contribution in [3.63, 3.8) is 0 Å². The van der Waals surface area contributed by atoms with E-state index in [0.717, 1.165) is 38.0 Å². The number of hydrogen-bond donors (Lipinski definition) is 1. The maximum Gasteiger partial charge on any atom is 0.273 e. The Morgan fingerprint density at radius 3 is 2.39 bits per heavy atom. The Kier molecular flexibility index (Phi) is 7.70. The number of rotatable bonds is 8. The summed E-state index contributed by atoms with van der Waals surface area (Å²) in [6.07, 6.45) is 3.15. The topological polar surface area (TPSA) is 113 Å². The Labute approximate surface area is 194 Å². The molecule has 9 nitrogen and oxygen atoms in total. The highest BCUT2D eigenvalue weighted by Crippen LogP contribution is 2.33. The summed E-state index contributed by atoms with van der Waals surface area (Å²) in [5, 5.41) is 14.1. The van der Waals surface area contributed by atoms with Crippen LogP contribution in [0.2, 0.25) is 0 Å². The van der Waals surface area contributed by atoms with Gasteiger partial charge in [-0.05, 0) is 50.5 Å². The lowest BCUT2D eigenvalue weighted by Gasteiger charge is -2.31. The number of sulfonamides is 1. The van der Waals surface area contributed by atoms with Gasteiger partial charge in [0.1, 0.15) is 0 Å². The Bertz CT molecular complexity index is 1140. The van der Waals surface area contributed by atoms with Crippen molar-refractivity contribution in [2.24, 2.45) is 0 Å². The van der Waals surface area contributed by atoms with E-state index >= 15 is 0 Å². The highest BCUT2D eigenvalue weighted by molar-refractivity contribution is 7.89. The number of benzene rings is 2. The fourth-order valence-corrected chi connectivity index (χ4v) is 5.64. The van der Waals surface area contributed by atoms with Crippen molar-refractivity contribution >= 4 is 33.0 Å². The quantitative estimate of drug-likeness (QED) is 0.454. The third kappa shape index (κ3) is 5.17. The van der Waals surface area contributed by atoms with Crippen LogP contribution in [-0.2, 0) is 10.0 Å². The van der Waals surface area contributed by atoms with E-state index in [1.54, 1.807) is 26.0 Å². The molecule has 0 saturated carbocycles. The zero-order chi connectivity index (χ0) is 24.2. The van der Waals surface area contributed by atoms with Crippen LogP contribution in [0.15, 0.2) is 41.3 Å². The van der Waals surface area contributed by atoms with Crippen LogP contribution < -0.4 is 10.2 Å². The van der Waals surface area contributed by atoms with E-state index in [2.05, 4.69) is 10.2 Å². The van der Waals surface area contributed by atoms with Crippen molar-refractivity contribution in [3.05, 3.63) is 57.6 Å². The van der Waals surface area contributed by atoms with Crippen LogP contribution in [0.3, 0.4) is 0 Å². The minimum absolute atomic E-state index is 0.0954. The number of carbonyl (C=O) groups excluding carboxylic acids is 1. The van der Waals surface area contributed by atoms with Gasteiger partial charge in [0.05, 0.1) is 21.2 Å². The maximum atomic E-state index is 13.1. The molecule has 178 valence electrons. The first-order valence-corrected chi connectivity index (χ1v) is 12.6. The van der Waals surface area contributed by atoms with Gasteiger partial charge in [0.25, 0.3) is 11.6 Å². The van der Waals surface area contributed by atoms with Crippen molar-refractivity contribution in [1.29, 1.82) is 0 Å². The van der Waals surface area contributed by atoms with Gasteiger partial charge in [-0.3, -0.25) is 14.9 Å². The van der Waals surface area contributed by atoms with E-state index in [0.29, 0.717) is 18.8 Å². The molecule has 33 heavy (non-hydrogen) atoms. The monoisotopic (exact) mass is 474 g/mol. The molecular weight excluding hydrogens is 444 g/mol. The number of hydrogen-bond acceptors (Lipinski definition) is 6. The summed E-state index contributed by atoms with van der Waals surface area (Å²) in [7, 11) is -3.72. The first-order valence-electron chi connectivity index (χ1n) is 11.1. The summed E-state index contributed by atoms with van der Waals surface area (Å²) in [6, 6.07) is 9.13. The van der Waals surface area contributed by atoms with E-state index in [1.165, 1.54) is 35.5 Å². The molecule has 0 spiro atoms. The molecule has 0 radical (unpaired) electrons. The number of nitro benzene ring substituents is 1. The minimum Gasteiger partial charge on any atom is -0.370 e. The summed E-state index contributed by atoms with van der Waals surface area (Å²) < 4.78 is 27.5. The van der Waals surface area contributed by atoms with Crippen LogP contribution in [0.4, 0.5) is 17.1 Å². The smallest absolute Gasteiger partial charge is 0.273 e. The standard InChI is InChI=1S/C23H30N4O5S/c1-4-26(5-2)33(31,32)18-12-13-22(25-14-7-6-8-15-25)20(16-18)24-23(28)19-10-9-11-21(17(19)3)27(29)30/h9-13,16H,4-8,14-15H2,1-3H3,(H,24,28). The molecule has 1 aliphatic heterocycles. The molecule has 2 aromatic carbocycles. The van der Waals surface area contributed by atoms with Crippen LogP contribution in [0, 0.1) is 17.0 Å². The lowest BCUT2D eigenvalue weighted by atomic mass is 10.1. The largest absolute Gasteiger partial charge is 0.370 e. The maximum absolute atomic E-state index is 13.1. The molecule has 0 atom stereocenters. The summed E-state index contributed by atoms with van der Waals surface area (Å²) in [5.41, 5.74) is 1.40. The van der Waals surface area contributed by atoms with Gasteiger partial charge in [0, 0.05) is 43.4 Å². The highest BCUT2D eigenvalue weighted by Gasteiger charge is 2.25. The molecule has 1 amide bonds. The molecule has 1 heterocycles. The summed E-state index contributed by atoms with van der Waals surface area (Å²) in [6.45, 7) is 7.36. The number of carbonyl (C=O) groups is 1. The van der Waals surface area contributed by atoms with Crippen LogP contribution in [-0.4, -0.2) is 49.7 Å². The number of amides is 1. The van der Waals surface area contributed by atoms with E-state index in [9.17, 15) is 23.3 Å². The van der Waals surface area contributed by atoms with E-state index in [4.69, 9.17) is 0 Å². The summed E-state index contributed by atoms with van der Waals surface area (Å²) >= 11 is 0. The first kappa shape index (κ1) is 24.7. The number of piperidine rings is 1. The highest BCUT2D eigenvalue weighted by atomic mass is 32.2. The molecule has 0 aliphatic carbocycles. The van der Waals surface area contributed by atoms with E-state index in [1.807, 2.05) is 0 Å². The zero-order valence-corrected chi connectivity index (χ0v) is 20.0. The van der Waals surface area contributed by atoms with Gasteiger partial charge in [0.2, 0.25) is 10.0 Å². The number of nitrogens with zero attached hydrogens (tertiary/aromatic N) is 3. The Morgan fingerprint density at radius 2 is 1.79 bits per heavy atom. The lowest BCUT2D eigenvalue weighted by molar-refractivity contribution is -0.385. The van der Waals surface area contributed by atoms with E-state index < -0.39 is 20.9 Å². The molecule has 1 fully saturated rings. The molecule has 1 N–H and O–H groups in total. The van der Waals surface area contributed by atoms with Crippen molar-refractivity contribution in [3.8, 4) is 0 Å². The van der Waals surface area contributed by atoms with Gasteiger partial charge >= 0.3 is 0 Å². The Balaban J connectivity index is 2.05. The van der Waals surface area contributed by atoms with E-state index in [-0.39, 0.29) is 21.7 Å². The third-order valence-corrected chi connectivity index (χ3v) is 8.05. The molecule has 0 aromatic heterocycles. The number of anilines is 2. The SMILES string of the molecule is CCN(CC)S(=O)(=O)c1ccc(N2CCCCC2)c(NC(=O)c2cccc([N+](=O)[O-])c2C)c1. The Hall–Kier alpha value is -2.98. The van der Waals surface area contributed by atoms with Crippen molar-refractivity contribution in [1.82, 2.24) is 4.31 Å². The lowest BCUT2D eigenvalue weighted by Crippen LogP contribution is -2.32. The van der Waals surface area contributed by atoms with Gasteiger partial charge in [0.15, 0.2) is 0 Å². The fourth-order valence-electron chi connectivity index (χ4n) is 4.16. The van der Waals surface area contributed by atoms with Crippen LogP contribution >= 0.6 is 0 Å². The fraction of sp³-hybridized carbons (Fsp3) is 0.435. The van der Waals surface area contributed by atoms with Gasteiger partial charge in [-0.2, -0.15) is 4.31 Å². The molecule has 3 rings (SSSR count). The second-order valence-electron chi connectivity index (χ2n) is 7.98. The van der Waals surface area contributed by atoms with Crippen molar-refractivity contribution in [2.45, 2.75) is 44.9 Å². The predicted octanol–water partition coefficient (Wildman–Crippen LogP) is 4.18. The van der Waals surface area contributed by atoms with Crippen LogP contribution in [0.1, 0.15) is 49.0 Å². The third-order valence-electron chi connectivity index (χ3n) is 6.00. The molecule has 1 aliphatic rings. The van der Waals surface area contributed by atoms with Gasteiger partial charge in [-0.25, -0.2) is 8.42 Å². The molecule has 10 heteroatoms. The van der Waals surface area contributed by atoms with Gasteiger partial charge in [-0.1, -0.05) is 19.9 Å². The molecule has 1 saturated heterocycles. The molecule has 0 unspecified atom stereocenters. The Morgan fingerprint density at radius 1 is 1.12 bits per heavy atom. The molecule has 2 aromatic rings. The zero-order valence-electron chi connectivity index (χ0n) is 19.2. The van der Waals surface area contributed by atoms with Crippen LogP contribution in [0.25, 0.3) is 0 Å². The minimum atomic E-state index is -3.72. The van der Waals surface area contributed by atoms with Crippen molar-refractivity contribution in [2.75, 3.05) is 36.4 Å². The second kappa shape index (κ2) is 10.3. The normalized spacial score (nSPS) is 14.4. The number of nitro groups is 1. The average Bonchev–Trinajstić information content (AvgIpc) is 2.80. The second-order valence-corrected chi connectivity index (χ2v) is 9.91. The molecular formula is C23H30N4O5S. The summed E-state index contributed by atoms with van der Waals surface area (Å²) in [4.78, 5) is 26.1. The average molecular weight is 475 g/mol. The van der Waals surface area contributed by atoms with Gasteiger partial charge < -0.3 is 10.2 Å². The van der Waals surface area contributed by atoms with Crippen molar-refractivity contribution < 1.29 is 18.1 Å². The number of nitrogens with one attached hydrogen (secondary N) is 1. The van der Waals surface area contributed by atoms with Crippen LogP contribution in [0.5, 0.6) is 0 Å². The first-order chi connectivity index (χ1) is 15.7. The predicted molar refractivity (Wildman–Crippen MR) is 128 cm³/mol. The molecule has 0 bridgehead atoms. The summed E-state index contributed by atoms with van der Waals surface area (Å²) in [5.74, 6) is -0.521.